The lowest BCUT2D eigenvalue weighted by Gasteiger charge is -2.07. The van der Waals surface area contributed by atoms with Crippen molar-refractivity contribution in [3.05, 3.63) is 101 Å². The van der Waals surface area contributed by atoms with E-state index in [9.17, 15) is 0 Å². The maximum atomic E-state index is 6.32. The van der Waals surface area contributed by atoms with Gasteiger partial charge in [0.2, 0.25) is 4.96 Å². The summed E-state index contributed by atoms with van der Waals surface area (Å²) < 4.78 is 9.07. The third-order valence-corrected chi connectivity index (χ3v) is 8.40. The number of aromatic nitrogens is 5. The van der Waals surface area contributed by atoms with Crippen LogP contribution in [0.5, 0.6) is 0 Å². The summed E-state index contributed by atoms with van der Waals surface area (Å²) in [6.07, 6.45) is 0. The molecule has 0 amide bonds. The third kappa shape index (κ3) is 4.26. The summed E-state index contributed by atoms with van der Waals surface area (Å²) in [6.45, 7) is 4.39. The summed E-state index contributed by atoms with van der Waals surface area (Å²) in [5, 5.41) is 15.6. The average Bonchev–Trinajstić information content (AvgIpc) is 3.70. The van der Waals surface area contributed by atoms with Crippen LogP contribution in [0.15, 0.2) is 99.9 Å². The zero-order valence-corrected chi connectivity index (χ0v) is 23.6. The van der Waals surface area contributed by atoms with E-state index in [1.807, 2.05) is 54.6 Å². The molecule has 0 aliphatic rings. The molecular formula is C31H22BrN5OS. The van der Waals surface area contributed by atoms with Crippen LogP contribution in [0.25, 0.3) is 60.6 Å². The summed E-state index contributed by atoms with van der Waals surface area (Å²) in [5.74, 6) is 2.70. The van der Waals surface area contributed by atoms with Crippen LogP contribution >= 0.6 is 27.3 Å². The molecule has 39 heavy (non-hydrogen) atoms. The Morgan fingerprint density at radius 1 is 0.821 bits per heavy atom. The van der Waals surface area contributed by atoms with Crippen molar-refractivity contribution in [1.29, 1.82) is 0 Å². The molecule has 3 aromatic carbocycles. The van der Waals surface area contributed by atoms with Gasteiger partial charge < -0.3 is 4.42 Å². The Morgan fingerprint density at radius 3 is 2.41 bits per heavy atom. The second-order valence-electron chi connectivity index (χ2n) is 9.62. The number of pyridine rings is 1. The highest BCUT2D eigenvalue weighted by Crippen LogP contribution is 2.37. The number of benzene rings is 3. The minimum Gasteiger partial charge on any atom is -0.454 e. The van der Waals surface area contributed by atoms with Gasteiger partial charge in [0, 0.05) is 26.5 Å². The van der Waals surface area contributed by atoms with Gasteiger partial charge in [-0.25, -0.2) is 4.98 Å². The van der Waals surface area contributed by atoms with Gasteiger partial charge in [0.25, 0.3) is 0 Å². The van der Waals surface area contributed by atoms with E-state index in [-0.39, 0.29) is 0 Å². The second-order valence-corrected chi connectivity index (χ2v) is 11.4. The van der Waals surface area contributed by atoms with Gasteiger partial charge in [-0.15, -0.1) is 10.2 Å². The molecule has 4 aromatic heterocycles. The van der Waals surface area contributed by atoms with E-state index in [4.69, 9.17) is 14.5 Å². The van der Waals surface area contributed by atoms with Gasteiger partial charge in [0.05, 0.1) is 5.52 Å². The minimum atomic E-state index is 0.487. The highest BCUT2D eigenvalue weighted by molar-refractivity contribution is 9.10. The molecule has 0 aliphatic heterocycles. The van der Waals surface area contributed by atoms with Crippen molar-refractivity contribution in [2.45, 2.75) is 19.8 Å². The topological polar surface area (TPSA) is 69.1 Å². The van der Waals surface area contributed by atoms with Crippen molar-refractivity contribution in [1.82, 2.24) is 24.8 Å². The van der Waals surface area contributed by atoms with Gasteiger partial charge in [-0.1, -0.05) is 95.7 Å². The Morgan fingerprint density at radius 2 is 1.59 bits per heavy atom. The third-order valence-electron chi connectivity index (χ3n) is 6.77. The van der Waals surface area contributed by atoms with Crippen molar-refractivity contribution in [2.24, 2.45) is 0 Å². The van der Waals surface area contributed by atoms with Gasteiger partial charge in [0.15, 0.2) is 11.6 Å². The standard InChI is InChI=1S/C31H22BrN5OS/c1-18(2)19-11-13-20(14-12-19)27-15-16-28(38-27)26-17-23(21-7-4-6-10-25(21)33-26)30-36-37-29(34-35-31(37)39-30)22-8-3-5-9-24(22)32/h3-18H,1-2H3. The van der Waals surface area contributed by atoms with E-state index in [1.54, 1.807) is 4.52 Å². The van der Waals surface area contributed by atoms with Crippen molar-refractivity contribution in [2.75, 3.05) is 0 Å². The highest BCUT2D eigenvalue weighted by Gasteiger charge is 2.19. The first-order valence-corrected chi connectivity index (χ1v) is 14.2. The van der Waals surface area contributed by atoms with E-state index >= 15 is 0 Å². The quantitative estimate of drug-likeness (QED) is 0.200. The fourth-order valence-corrected chi connectivity index (χ4v) is 6.01. The van der Waals surface area contributed by atoms with Crippen LogP contribution in [-0.2, 0) is 0 Å². The first-order chi connectivity index (χ1) is 19.0. The summed E-state index contributed by atoms with van der Waals surface area (Å²) in [7, 11) is 0. The average molecular weight is 593 g/mol. The molecule has 0 radical (unpaired) electrons. The largest absolute Gasteiger partial charge is 0.454 e. The van der Waals surface area contributed by atoms with Gasteiger partial charge in [-0.2, -0.15) is 9.61 Å². The van der Waals surface area contributed by atoms with Crippen LogP contribution in [-0.4, -0.2) is 24.8 Å². The number of rotatable bonds is 5. The zero-order chi connectivity index (χ0) is 26.5. The zero-order valence-electron chi connectivity index (χ0n) is 21.2. The first-order valence-electron chi connectivity index (χ1n) is 12.6. The Kier molecular flexibility index (Phi) is 5.86. The smallest absolute Gasteiger partial charge is 0.235 e. The molecule has 0 atom stereocenters. The molecular weight excluding hydrogens is 570 g/mol. The predicted molar refractivity (Wildman–Crippen MR) is 160 cm³/mol. The summed E-state index contributed by atoms with van der Waals surface area (Å²) in [4.78, 5) is 5.66. The Bertz CT molecular complexity index is 1970. The Hall–Kier alpha value is -4.14. The molecule has 0 fully saturated rings. The number of fused-ring (bicyclic) bond motifs is 2. The molecule has 8 heteroatoms. The number of nitrogens with zero attached hydrogens (tertiary/aromatic N) is 5. The van der Waals surface area contributed by atoms with Crippen LogP contribution in [0.4, 0.5) is 0 Å². The molecule has 0 aliphatic carbocycles. The maximum Gasteiger partial charge on any atom is 0.235 e. The van der Waals surface area contributed by atoms with Crippen molar-refractivity contribution < 1.29 is 4.42 Å². The lowest BCUT2D eigenvalue weighted by atomic mass is 10.0. The highest BCUT2D eigenvalue weighted by atomic mass is 79.9. The predicted octanol–water partition coefficient (Wildman–Crippen LogP) is 8.88. The van der Waals surface area contributed by atoms with E-state index in [1.165, 1.54) is 16.9 Å². The van der Waals surface area contributed by atoms with Gasteiger partial charge in [-0.05, 0) is 47.9 Å². The Labute approximate surface area is 237 Å². The van der Waals surface area contributed by atoms with Crippen LogP contribution < -0.4 is 0 Å². The molecule has 0 bridgehead atoms. The monoisotopic (exact) mass is 591 g/mol. The van der Waals surface area contributed by atoms with Gasteiger partial charge >= 0.3 is 0 Å². The maximum absolute atomic E-state index is 6.32. The van der Waals surface area contributed by atoms with Crippen molar-refractivity contribution in [3.63, 3.8) is 0 Å². The van der Waals surface area contributed by atoms with Crippen molar-refractivity contribution in [3.8, 4) is 44.7 Å². The number of halogens is 1. The second kappa shape index (κ2) is 9.55. The van der Waals surface area contributed by atoms with E-state index in [0.29, 0.717) is 17.5 Å². The van der Waals surface area contributed by atoms with Crippen LogP contribution in [0.2, 0.25) is 0 Å². The number of para-hydroxylation sites is 1. The summed E-state index contributed by atoms with van der Waals surface area (Å²) in [6, 6.07) is 30.6. The van der Waals surface area contributed by atoms with Crippen LogP contribution in [0.3, 0.4) is 0 Å². The molecule has 0 N–H and O–H groups in total. The molecule has 0 spiro atoms. The molecule has 0 unspecified atom stereocenters. The first kappa shape index (κ1) is 23.9. The van der Waals surface area contributed by atoms with E-state index in [2.05, 4.69) is 76.4 Å². The number of furan rings is 1. The Balaban J connectivity index is 1.33. The number of hydrogen-bond donors (Lipinski definition) is 0. The lowest BCUT2D eigenvalue weighted by Crippen LogP contribution is -1.93. The molecule has 0 saturated heterocycles. The normalized spacial score (nSPS) is 11.7. The minimum absolute atomic E-state index is 0.487. The molecule has 190 valence electrons. The molecule has 7 rings (SSSR count). The molecule has 7 aromatic rings. The fraction of sp³-hybridized carbons (Fsp3) is 0.0968. The van der Waals surface area contributed by atoms with Crippen LogP contribution in [0.1, 0.15) is 25.3 Å². The van der Waals surface area contributed by atoms with Gasteiger partial charge in [-0.3, -0.25) is 0 Å². The lowest BCUT2D eigenvalue weighted by molar-refractivity contribution is 0.595. The SMILES string of the molecule is CC(C)c1ccc(-c2ccc(-c3cc(-c4nn5c(-c6ccccc6Br)nnc5s4)c4ccccc4n3)o2)cc1. The molecule has 0 saturated carbocycles. The van der Waals surface area contributed by atoms with Crippen molar-refractivity contribution >= 4 is 43.1 Å². The van der Waals surface area contributed by atoms with Gasteiger partial charge in [0.1, 0.15) is 16.5 Å². The summed E-state index contributed by atoms with van der Waals surface area (Å²) in [5.41, 5.74) is 5.89. The fourth-order valence-electron chi connectivity index (χ4n) is 4.68. The van der Waals surface area contributed by atoms with E-state index < -0.39 is 0 Å². The molecule has 6 nitrogen and oxygen atoms in total. The van der Waals surface area contributed by atoms with E-state index in [0.717, 1.165) is 53.5 Å². The summed E-state index contributed by atoms with van der Waals surface area (Å²) >= 11 is 5.13. The number of hydrogen-bond acceptors (Lipinski definition) is 6. The van der Waals surface area contributed by atoms with Crippen LogP contribution in [0, 0.1) is 0 Å². The molecule has 4 heterocycles.